The molecule has 5 heteroatoms. The molecular weight excluding hydrogens is 266 g/mol. The molecule has 3 aromatic rings. The Bertz CT molecular complexity index is 780. The van der Waals surface area contributed by atoms with Gasteiger partial charge in [-0.3, -0.25) is 9.78 Å². The van der Waals surface area contributed by atoms with E-state index in [0.717, 1.165) is 22.0 Å². The second kappa shape index (κ2) is 5.66. The van der Waals surface area contributed by atoms with Gasteiger partial charge in [0.2, 0.25) is 5.91 Å². The summed E-state index contributed by atoms with van der Waals surface area (Å²) < 4.78 is 0. The molecule has 3 N–H and O–H groups in total. The second-order valence-corrected chi connectivity index (χ2v) is 4.90. The second-order valence-electron chi connectivity index (χ2n) is 4.90. The molecule has 1 amide bonds. The number of carbonyl (C=O) groups excluding carboxylic acids is 1. The molecule has 0 spiro atoms. The number of aromatic amines is 1. The van der Waals surface area contributed by atoms with Crippen LogP contribution in [0.2, 0.25) is 0 Å². The fourth-order valence-electron chi connectivity index (χ4n) is 2.23. The van der Waals surface area contributed by atoms with Gasteiger partial charge in [0.05, 0.1) is 12.6 Å². The molecule has 106 valence electrons. The van der Waals surface area contributed by atoms with Crippen LogP contribution in [-0.4, -0.2) is 21.0 Å². The number of benzene rings is 1. The van der Waals surface area contributed by atoms with Crippen molar-refractivity contribution in [3.63, 3.8) is 0 Å². The summed E-state index contributed by atoms with van der Waals surface area (Å²) in [4.78, 5) is 18.9. The van der Waals surface area contributed by atoms with Crippen molar-refractivity contribution in [1.82, 2.24) is 15.3 Å². The van der Waals surface area contributed by atoms with Crippen molar-refractivity contribution in [3.8, 4) is 5.75 Å². The number of nitrogens with one attached hydrogen (secondary N) is 2. The number of carbonyl (C=O) groups is 1. The third-order valence-electron chi connectivity index (χ3n) is 3.25. The van der Waals surface area contributed by atoms with E-state index in [4.69, 9.17) is 0 Å². The molecule has 0 bridgehead atoms. The Kier molecular flexibility index (Phi) is 3.55. The van der Waals surface area contributed by atoms with E-state index in [-0.39, 0.29) is 11.7 Å². The summed E-state index contributed by atoms with van der Waals surface area (Å²) in [5.74, 6) is 0.0351. The SMILES string of the molecule is O=C(Cc1ccc2[nH]ccc2c1)NCc1cncc(O)c1. The van der Waals surface area contributed by atoms with E-state index in [9.17, 15) is 9.90 Å². The van der Waals surface area contributed by atoms with Crippen molar-refractivity contribution < 1.29 is 9.90 Å². The first kappa shape index (κ1) is 13.2. The lowest BCUT2D eigenvalue weighted by atomic mass is 10.1. The van der Waals surface area contributed by atoms with Crippen LogP contribution in [0, 0.1) is 0 Å². The van der Waals surface area contributed by atoms with Crippen molar-refractivity contribution in [2.24, 2.45) is 0 Å². The number of nitrogens with zero attached hydrogens (tertiary/aromatic N) is 1. The van der Waals surface area contributed by atoms with Crippen LogP contribution in [0.1, 0.15) is 11.1 Å². The van der Waals surface area contributed by atoms with Gasteiger partial charge in [-0.1, -0.05) is 6.07 Å². The predicted octanol–water partition coefficient (Wildman–Crippen LogP) is 2.13. The maximum Gasteiger partial charge on any atom is 0.224 e. The van der Waals surface area contributed by atoms with Gasteiger partial charge in [-0.2, -0.15) is 0 Å². The van der Waals surface area contributed by atoms with Gasteiger partial charge in [0.1, 0.15) is 5.75 Å². The fourth-order valence-corrected chi connectivity index (χ4v) is 2.23. The summed E-state index contributed by atoms with van der Waals surface area (Å²) in [6, 6.07) is 9.47. The van der Waals surface area contributed by atoms with Crippen molar-refractivity contribution in [2.45, 2.75) is 13.0 Å². The lowest BCUT2D eigenvalue weighted by Crippen LogP contribution is -2.24. The van der Waals surface area contributed by atoms with Gasteiger partial charge in [-0.25, -0.2) is 0 Å². The van der Waals surface area contributed by atoms with Gasteiger partial charge in [0, 0.05) is 24.5 Å². The molecular formula is C16H15N3O2. The van der Waals surface area contributed by atoms with E-state index >= 15 is 0 Å². The van der Waals surface area contributed by atoms with Crippen LogP contribution in [0.5, 0.6) is 5.75 Å². The average molecular weight is 281 g/mol. The summed E-state index contributed by atoms with van der Waals surface area (Å²) in [6.45, 7) is 0.354. The first-order valence-electron chi connectivity index (χ1n) is 6.66. The highest BCUT2D eigenvalue weighted by molar-refractivity contribution is 5.83. The molecule has 0 fully saturated rings. The Hall–Kier alpha value is -2.82. The number of hydrogen-bond donors (Lipinski definition) is 3. The molecule has 0 atom stereocenters. The Balaban J connectivity index is 1.60. The highest BCUT2D eigenvalue weighted by atomic mass is 16.3. The number of rotatable bonds is 4. The largest absolute Gasteiger partial charge is 0.506 e. The number of hydrogen-bond acceptors (Lipinski definition) is 3. The van der Waals surface area contributed by atoms with Crippen molar-refractivity contribution in [2.75, 3.05) is 0 Å². The van der Waals surface area contributed by atoms with E-state index in [1.807, 2.05) is 30.5 Å². The quantitative estimate of drug-likeness (QED) is 0.685. The van der Waals surface area contributed by atoms with Crippen LogP contribution < -0.4 is 5.32 Å². The molecule has 0 unspecified atom stereocenters. The third kappa shape index (κ3) is 3.20. The predicted molar refractivity (Wildman–Crippen MR) is 79.8 cm³/mol. The molecule has 0 aliphatic rings. The molecule has 1 aromatic carbocycles. The first-order valence-corrected chi connectivity index (χ1v) is 6.66. The summed E-state index contributed by atoms with van der Waals surface area (Å²) in [7, 11) is 0. The van der Waals surface area contributed by atoms with Crippen LogP contribution in [-0.2, 0) is 17.8 Å². The minimum atomic E-state index is -0.0618. The molecule has 0 saturated carbocycles. The smallest absolute Gasteiger partial charge is 0.224 e. The minimum Gasteiger partial charge on any atom is -0.506 e. The number of aromatic nitrogens is 2. The summed E-state index contributed by atoms with van der Waals surface area (Å²) >= 11 is 0. The number of pyridine rings is 1. The first-order chi connectivity index (χ1) is 10.2. The van der Waals surface area contributed by atoms with Gasteiger partial charge < -0.3 is 15.4 Å². The zero-order valence-electron chi connectivity index (χ0n) is 11.3. The van der Waals surface area contributed by atoms with E-state index in [2.05, 4.69) is 15.3 Å². The Labute approximate surface area is 121 Å². The van der Waals surface area contributed by atoms with Gasteiger partial charge in [-0.05, 0) is 40.8 Å². The number of amides is 1. The molecule has 2 heterocycles. The van der Waals surface area contributed by atoms with E-state index in [0.29, 0.717) is 13.0 Å². The fraction of sp³-hybridized carbons (Fsp3) is 0.125. The molecule has 0 radical (unpaired) electrons. The highest BCUT2D eigenvalue weighted by Gasteiger charge is 2.05. The summed E-state index contributed by atoms with van der Waals surface area (Å²) in [5.41, 5.74) is 2.79. The van der Waals surface area contributed by atoms with Crippen molar-refractivity contribution in [3.05, 3.63) is 60.0 Å². The number of H-pyrrole nitrogens is 1. The van der Waals surface area contributed by atoms with Crippen LogP contribution in [0.3, 0.4) is 0 Å². The average Bonchev–Trinajstić information content (AvgIpc) is 2.93. The van der Waals surface area contributed by atoms with Gasteiger partial charge >= 0.3 is 0 Å². The molecule has 0 aliphatic heterocycles. The number of fused-ring (bicyclic) bond motifs is 1. The van der Waals surface area contributed by atoms with Crippen LogP contribution >= 0.6 is 0 Å². The Morgan fingerprint density at radius 2 is 2.10 bits per heavy atom. The van der Waals surface area contributed by atoms with Crippen LogP contribution in [0.4, 0.5) is 0 Å². The zero-order chi connectivity index (χ0) is 14.7. The topological polar surface area (TPSA) is 78.0 Å². The summed E-state index contributed by atoms with van der Waals surface area (Å²) in [6.07, 6.45) is 5.18. The zero-order valence-corrected chi connectivity index (χ0v) is 11.3. The maximum atomic E-state index is 11.9. The van der Waals surface area contributed by atoms with Crippen molar-refractivity contribution in [1.29, 1.82) is 0 Å². The molecule has 0 saturated heterocycles. The summed E-state index contributed by atoms with van der Waals surface area (Å²) in [5, 5.41) is 13.2. The standard InChI is InChI=1S/C16H15N3O2/c20-14-6-12(8-17-10-14)9-19-16(21)7-11-1-2-15-13(5-11)3-4-18-15/h1-6,8,10,18,20H,7,9H2,(H,19,21). The molecule has 2 aromatic heterocycles. The van der Waals surface area contributed by atoms with Crippen molar-refractivity contribution >= 4 is 16.8 Å². The van der Waals surface area contributed by atoms with Crippen LogP contribution in [0.15, 0.2) is 48.9 Å². The number of aromatic hydroxyl groups is 1. The monoisotopic (exact) mass is 281 g/mol. The minimum absolute atomic E-state index is 0.0618. The van der Waals surface area contributed by atoms with E-state index < -0.39 is 0 Å². The highest BCUT2D eigenvalue weighted by Crippen LogP contribution is 2.14. The normalized spacial score (nSPS) is 10.7. The molecule has 21 heavy (non-hydrogen) atoms. The molecule has 0 aliphatic carbocycles. The maximum absolute atomic E-state index is 11.9. The lowest BCUT2D eigenvalue weighted by molar-refractivity contribution is -0.120. The molecule has 3 rings (SSSR count). The third-order valence-corrected chi connectivity index (χ3v) is 3.25. The Morgan fingerprint density at radius 3 is 2.95 bits per heavy atom. The lowest BCUT2D eigenvalue weighted by Gasteiger charge is -2.06. The van der Waals surface area contributed by atoms with E-state index in [1.54, 1.807) is 12.3 Å². The van der Waals surface area contributed by atoms with E-state index in [1.165, 1.54) is 6.20 Å². The Morgan fingerprint density at radius 1 is 1.19 bits per heavy atom. The van der Waals surface area contributed by atoms with Gasteiger partial charge in [0.25, 0.3) is 0 Å². The van der Waals surface area contributed by atoms with Crippen LogP contribution in [0.25, 0.3) is 10.9 Å². The van der Waals surface area contributed by atoms with Gasteiger partial charge in [-0.15, -0.1) is 0 Å². The molecule has 5 nitrogen and oxygen atoms in total. The van der Waals surface area contributed by atoms with Gasteiger partial charge in [0.15, 0.2) is 0 Å².